The highest BCUT2D eigenvalue weighted by atomic mass is 16.5. The van der Waals surface area contributed by atoms with Gasteiger partial charge in [0.15, 0.2) is 17.8 Å². The number of hydrogen-bond acceptors (Lipinski definition) is 5. The monoisotopic (exact) mass is 295 g/mol. The predicted molar refractivity (Wildman–Crippen MR) is 79.7 cm³/mol. The maximum Gasteiger partial charge on any atom is 0.311 e. The topological polar surface area (TPSA) is 69.4 Å². The summed E-state index contributed by atoms with van der Waals surface area (Å²) in [5, 5.41) is 0. The lowest BCUT2D eigenvalue weighted by Crippen LogP contribution is -2.10. The van der Waals surface area contributed by atoms with Gasteiger partial charge in [0.05, 0.1) is 6.42 Å². The van der Waals surface area contributed by atoms with E-state index in [2.05, 4.69) is 4.98 Å². The smallest absolute Gasteiger partial charge is 0.311 e. The molecule has 0 aliphatic heterocycles. The van der Waals surface area contributed by atoms with Crippen LogP contribution in [0.25, 0.3) is 11.1 Å². The number of ether oxygens (including phenoxy) is 1. The van der Waals surface area contributed by atoms with Crippen molar-refractivity contribution in [3.05, 3.63) is 60.5 Å². The third-order valence-electron chi connectivity index (χ3n) is 3.19. The summed E-state index contributed by atoms with van der Waals surface area (Å²) in [6.45, 7) is 0. The maximum absolute atomic E-state index is 11.9. The Kier molecular flexibility index (Phi) is 3.96. The molecule has 5 heteroatoms. The van der Waals surface area contributed by atoms with Crippen LogP contribution in [0.4, 0.5) is 0 Å². The van der Waals surface area contributed by atoms with Crippen molar-refractivity contribution < 1.29 is 18.7 Å². The second kappa shape index (κ2) is 6.22. The number of nitrogens with zero attached hydrogens (tertiary/aromatic N) is 1. The molecule has 0 aliphatic rings. The van der Waals surface area contributed by atoms with Crippen LogP contribution in [0.2, 0.25) is 0 Å². The molecule has 3 aromatic rings. The van der Waals surface area contributed by atoms with E-state index < -0.39 is 5.97 Å². The van der Waals surface area contributed by atoms with Gasteiger partial charge in [-0.2, -0.15) is 0 Å². The molecule has 5 nitrogen and oxygen atoms in total. The van der Waals surface area contributed by atoms with Gasteiger partial charge in [-0.25, -0.2) is 4.98 Å². The third kappa shape index (κ3) is 3.20. The van der Waals surface area contributed by atoms with E-state index in [0.29, 0.717) is 22.4 Å². The van der Waals surface area contributed by atoms with Crippen molar-refractivity contribution in [2.75, 3.05) is 0 Å². The number of rotatable bonds is 5. The Hall–Kier alpha value is -2.95. The van der Waals surface area contributed by atoms with E-state index in [4.69, 9.17) is 9.15 Å². The highest BCUT2D eigenvalue weighted by Crippen LogP contribution is 2.20. The molecule has 0 atom stereocenters. The van der Waals surface area contributed by atoms with Crippen LogP contribution >= 0.6 is 0 Å². The highest BCUT2D eigenvalue weighted by molar-refractivity contribution is 5.97. The van der Waals surface area contributed by atoms with Crippen molar-refractivity contribution >= 4 is 22.9 Å². The zero-order valence-corrected chi connectivity index (χ0v) is 11.7. The Morgan fingerprint density at radius 2 is 1.86 bits per heavy atom. The van der Waals surface area contributed by atoms with Crippen molar-refractivity contribution in [2.45, 2.75) is 12.8 Å². The van der Waals surface area contributed by atoms with E-state index in [-0.39, 0.29) is 18.6 Å². The summed E-state index contributed by atoms with van der Waals surface area (Å²) in [5.41, 5.74) is 1.84. The Morgan fingerprint density at radius 1 is 1.05 bits per heavy atom. The van der Waals surface area contributed by atoms with E-state index >= 15 is 0 Å². The number of ketones is 1. The molecule has 0 saturated carbocycles. The zero-order chi connectivity index (χ0) is 15.4. The van der Waals surface area contributed by atoms with Gasteiger partial charge in [-0.15, -0.1) is 0 Å². The summed E-state index contributed by atoms with van der Waals surface area (Å²) in [4.78, 5) is 27.7. The van der Waals surface area contributed by atoms with Crippen molar-refractivity contribution in [3.63, 3.8) is 0 Å². The number of Topliss-reactive ketones (excluding diaryl/α,β-unsaturated/α-hetero) is 1. The second-order valence-corrected chi connectivity index (χ2v) is 4.75. The Balaban J connectivity index is 1.57. The molecule has 1 aromatic heterocycles. The molecule has 1 heterocycles. The molecule has 0 saturated heterocycles. The van der Waals surface area contributed by atoms with Crippen LogP contribution in [0.1, 0.15) is 23.2 Å². The maximum atomic E-state index is 11.9. The number of hydrogen-bond donors (Lipinski definition) is 0. The standard InChI is InChI=1S/C17H13NO4/c19-15(12-4-2-1-3-5-12)7-9-17(20)22-13-6-8-16-14(10-13)18-11-21-16/h1-6,8,10-11H,7,9H2. The molecule has 0 bridgehead atoms. The molecule has 0 amide bonds. The fourth-order valence-corrected chi connectivity index (χ4v) is 2.07. The highest BCUT2D eigenvalue weighted by Gasteiger charge is 2.11. The van der Waals surface area contributed by atoms with E-state index in [0.717, 1.165) is 0 Å². The minimum atomic E-state index is -0.452. The average molecular weight is 295 g/mol. The fraction of sp³-hybridized carbons (Fsp3) is 0.118. The molecule has 22 heavy (non-hydrogen) atoms. The minimum Gasteiger partial charge on any atom is -0.443 e. The van der Waals surface area contributed by atoms with E-state index in [1.807, 2.05) is 6.07 Å². The molecule has 0 N–H and O–H groups in total. The molecule has 2 aromatic carbocycles. The quantitative estimate of drug-likeness (QED) is 0.410. The van der Waals surface area contributed by atoms with Crippen molar-refractivity contribution in [2.24, 2.45) is 0 Å². The summed E-state index contributed by atoms with van der Waals surface area (Å²) in [6, 6.07) is 13.8. The SMILES string of the molecule is O=C(CCC(=O)c1ccccc1)Oc1ccc2ocnc2c1. The predicted octanol–water partition coefficient (Wildman–Crippen LogP) is 3.40. The lowest BCUT2D eigenvalue weighted by Gasteiger charge is -2.04. The number of carbonyl (C=O) groups excluding carboxylic acids is 2. The van der Waals surface area contributed by atoms with Crippen LogP contribution in [0.5, 0.6) is 5.75 Å². The normalized spacial score (nSPS) is 10.5. The largest absolute Gasteiger partial charge is 0.443 e. The van der Waals surface area contributed by atoms with E-state index in [9.17, 15) is 9.59 Å². The molecule has 110 valence electrons. The number of fused-ring (bicyclic) bond motifs is 1. The zero-order valence-electron chi connectivity index (χ0n) is 11.7. The van der Waals surface area contributed by atoms with Crippen molar-refractivity contribution in [1.29, 1.82) is 0 Å². The van der Waals surface area contributed by atoms with Crippen molar-refractivity contribution in [3.8, 4) is 5.75 Å². The summed E-state index contributed by atoms with van der Waals surface area (Å²) in [6.07, 6.45) is 1.48. The first-order chi connectivity index (χ1) is 10.7. The van der Waals surface area contributed by atoms with Gasteiger partial charge in [0.1, 0.15) is 11.3 Å². The summed E-state index contributed by atoms with van der Waals surface area (Å²) in [5.74, 6) is -0.143. The second-order valence-electron chi connectivity index (χ2n) is 4.75. The van der Waals surface area contributed by atoms with Crippen LogP contribution in [0.15, 0.2) is 59.3 Å². The van der Waals surface area contributed by atoms with Crippen LogP contribution < -0.4 is 4.74 Å². The number of carbonyl (C=O) groups is 2. The Bertz CT molecular complexity index is 808. The molecule has 3 rings (SSSR count). The lowest BCUT2D eigenvalue weighted by atomic mass is 10.1. The average Bonchev–Trinajstić information content (AvgIpc) is 3.01. The van der Waals surface area contributed by atoms with Crippen LogP contribution in [0, 0.1) is 0 Å². The van der Waals surface area contributed by atoms with Gasteiger partial charge in [-0.1, -0.05) is 30.3 Å². The number of aromatic nitrogens is 1. The summed E-state index contributed by atoms with van der Waals surface area (Å²) in [7, 11) is 0. The first-order valence-electron chi connectivity index (χ1n) is 6.84. The Labute approximate surface area is 126 Å². The first-order valence-corrected chi connectivity index (χ1v) is 6.84. The van der Waals surface area contributed by atoms with Gasteiger partial charge in [0.25, 0.3) is 0 Å². The number of esters is 1. The lowest BCUT2D eigenvalue weighted by molar-refractivity contribution is -0.134. The summed E-state index contributed by atoms with van der Waals surface area (Å²) >= 11 is 0. The van der Waals surface area contributed by atoms with Gasteiger partial charge in [-0.3, -0.25) is 9.59 Å². The van der Waals surface area contributed by atoms with Crippen LogP contribution in [-0.4, -0.2) is 16.7 Å². The van der Waals surface area contributed by atoms with Gasteiger partial charge < -0.3 is 9.15 Å². The van der Waals surface area contributed by atoms with Crippen LogP contribution in [0.3, 0.4) is 0 Å². The first kappa shape index (κ1) is 14.0. The number of oxazole rings is 1. The van der Waals surface area contributed by atoms with Gasteiger partial charge in [-0.05, 0) is 12.1 Å². The van der Waals surface area contributed by atoms with Gasteiger partial charge >= 0.3 is 5.97 Å². The van der Waals surface area contributed by atoms with Crippen LogP contribution in [-0.2, 0) is 4.79 Å². The van der Waals surface area contributed by atoms with Gasteiger partial charge in [0, 0.05) is 18.1 Å². The van der Waals surface area contributed by atoms with Crippen molar-refractivity contribution in [1.82, 2.24) is 4.98 Å². The Morgan fingerprint density at radius 3 is 2.68 bits per heavy atom. The minimum absolute atomic E-state index is 0.0323. The molecule has 0 spiro atoms. The van der Waals surface area contributed by atoms with E-state index in [1.54, 1.807) is 42.5 Å². The molecule has 0 fully saturated rings. The van der Waals surface area contributed by atoms with E-state index in [1.165, 1.54) is 6.39 Å². The molecular formula is C17H13NO4. The van der Waals surface area contributed by atoms with Gasteiger partial charge in [0.2, 0.25) is 0 Å². The summed E-state index contributed by atoms with van der Waals surface area (Å²) < 4.78 is 10.3. The molecule has 0 unspecified atom stereocenters. The number of benzene rings is 2. The fourth-order valence-electron chi connectivity index (χ4n) is 2.07. The third-order valence-corrected chi connectivity index (χ3v) is 3.19. The molecule has 0 aliphatic carbocycles. The molecular weight excluding hydrogens is 282 g/mol. The molecule has 0 radical (unpaired) electrons.